The second kappa shape index (κ2) is 8.91. The lowest BCUT2D eigenvalue weighted by molar-refractivity contribution is 0.828. The largest absolute Gasteiger partial charge is 0.118 e. The van der Waals surface area contributed by atoms with Crippen molar-refractivity contribution in [2.45, 2.75) is 52.4 Å². The van der Waals surface area contributed by atoms with Gasteiger partial charge in [0, 0.05) is 12.8 Å². The van der Waals surface area contributed by atoms with Crippen molar-refractivity contribution in [2.75, 3.05) is 0 Å². The quantitative estimate of drug-likeness (QED) is 0.525. The minimum absolute atomic E-state index is 1.01. The Bertz CT molecular complexity index is 391. The van der Waals surface area contributed by atoms with Crippen molar-refractivity contribution in [3.8, 4) is 23.7 Å². The Hall–Kier alpha value is -1.18. The van der Waals surface area contributed by atoms with Crippen LogP contribution >= 0.6 is 11.3 Å². The third kappa shape index (κ3) is 6.20. The fraction of sp³-hybridized carbons (Fsp3) is 0.500. The van der Waals surface area contributed by atoms with Crippen LogP contribution < -0.4 is 0 Å². The molecule has 1 rings (SSSR count). The molecular formula is C16H20S. The van der Waals surface area contributed by atoms with Gasteiger partial charge in [-0.15, -0.1) is 11.3 Å². The lowest BCUT2D eigenvalue weighted by atomic mass is 10.2. The van der Waals surface area contributed by atoms with E-state index in [2.05, 4.69) is 49.7 Å². The van der Waals surface area contributed by atoms with Crippen molar-refractivity contribution in [2.24, 2.45) is 0 Å². The van der Waals surface area contributed by atoms with Crippen LogP contribution in [0.1, 0.15) is 62.1 Å². The summed E-state index contributed by atoms with van der Waals surface area (Å²) in [7, 11) is 0. The van der Waals surface area contributed by atoms with Gasteiger partial charge in [-0.3, -0.25) is 0 Å². The van der Waals surface area contributed by atoms with Crippen LogP contribution in [-0.2, 0) is 0 Å². The number of thiophene rings is 1. The zero-order chi connectivity index (χ0) is 12.3. The maximum Gasteiger partial charge on any atom is 0.0781 e. The van der Waals surface area contributed by atoms with Crippen LogP contribution in [0.25, 0.3) is 0 Å². The van der Waals surface area contributed by atoms with Crippen molar-refractivity contribution in [3.63, 3.8) is 0 Å². The Morgan fingerprint density at radius 2 is 1.35 bits per heavy atom. The second-order valence-electron chi connectivity index (χ2n) is 3.97. The summed E-state index contributed by atoms with van der Waals surface area (Å²) in [5.41, 5.74) is 0. The molecule has 1 aromatic rings. The maximum absolute atomic E-state index is 3.20. The van der Waals surface area contributed by atoms with Gasteiger partial charge < -0.3 is 0 Å². The Morgan fingerprint density at radius 3 is 1.76 bits per heavy atom. The average molecular weight is 244 g/mol. The van der Waals surface area contributed by atoms with Gasteiger partial charge in [-0.25, -0.2) is 0 Å². The van der Waals surface area contributed by atoms with E-state index in [-0.39, 0.29) is 0 Å². The molecule has 0 spiro atoms. The van der Waals surface area contributed by atoms with E-state index in [1.54, 1.807) is 11.3 Å². The molecule has 90 valence electrons. The molecule has 0 N–H and O–H groups in total. The van der Waals surface area contributed by atoms with E-state index >= 15 is 0 Å². The Morgan fingerprint density at radius 1 is 0.882 bits per heavy atom. The van der Waals surface area contributed by atoms with Gasteiger partial charge in [0.05, 0.1) is 9.75 Å². The zero-order valence-corrected chi connectivity index (χ0v) is 11.6. The molecule has 0 aliphatic carbocycles. The van der Waals surface area contributed by atoms with Crippen molar-refractivity contribution in [1.29, 1.82) is 0 Å². The summed E-state index contributed by atoms with van der Waals surface area (Å²) in [6.45, 7) is 4.38. The van der Waals surface area contributed by atoms with Crippen LogP contribution in [0.2, 0.25) is 0 Å². The molecule has 0 radical (unpaired) electrons. The standard InChI is InChI=1S/C16H20S/c1-3-5-7-9-11-15-13-14-16(17-15)12-10-8-6-4-2/h13-14H,3-8H2,1-2H3. The average Bonchev–Trinajstić information content (AvgIpc) is 2.78. The van der Waals surface area contributed by atoms with Gasteiger partial charge in [0.1, 0.15) is 0 Å². The molecule has 0 aliphatic rings. The fourth-order valence-electron chi connectivity index (χ4n) is 1.30. The van der Waals surface area contributed by atoms with Crippen LogP contribution in [0.15, 0.2) is 12.1 Å². The van der Waals surface area contributed by atoms with Gasteiger partial charge in [0.2, 0.25) is 0 Å². The molecule has 1 heterocycles. The Labute approximate surface area is 109 Å². The molecule has 0 saturated carbocycles. The molecule has 1 aromatic heterocycles. The molecule has 1 heteroatoms. The van der Waals surface area contributed by atoms with Crippen LogP contribution in [0.3, 0.4) is 0 Å². The lowest BCUT2D eigenvalue weighted by Crippen LogP contribution is -1.68. The minimum atomic E-state index is 1.01. The summed E-state index contributed by atoms with van der Waals surface area (Å²) in [6, 6.07) is 4.15. The summed E-state index contributed by atoms with van der Waals surface area (Å²) in [6.07, 6.45) is 6.84. The van der Waals surface area contributed by atoms with E-state index < -0.39 is 0 Å². The van der Waals surface area contributed by atoms with E-state index in [1.165, 1.54) is 25.7 Å². The highest BCUT2D eigenvalue weighted by molar-refractivity contribution is 7.13. The first-order valence-electron chi connectivity index (χ1n) is 6.44. The third-order valence-electron chi connectivity index (χ3n) is 2.34. The predicted octanol–water partition coefficient (Wildman–Crippen LogP) is 4.83. The fourth-order valence-corrected chi connectivity index (χ4v) is 2.06. The maximum atomic E-state index is 3.20. The molecule has 0 aromatic carbocycles. The van der Waals surface area contributed by atoms with Crippen molar-refractivity contribution >= 4 is 11.3 Å². The number of hydrogen-bond donors (Lipinski definition) is 0. The minimum Gasteiger partial charge on any atom is -0.118 e. The first-order chi connectivity index (χ1) is 8.36. The second-order valence-corrected chi connectivity index (χ2v) is 5.06. The number of hydrogen-bond acceptors (Lipinski definition) is 1. The highest BCUT2D eigenvalue weighted by atomic mass is 32.1. The number of unbranched alkanes of at least 4 members (excludes halogenated alkanes) is 4. The molecule has 0 unspecified atom stereocenters. The Kier molecular flexibility index (Phi) is 7.28. The van der Waals surface area contributed by atoms with Crippen molar-refractivity contribution in [1.82, 2.24) is 0 Å². The highest BCUT2D eigenvalue weighted by Gasteiger charge is 1.93. The zero-order valence-electron chi connectivity index (χ0n) is 10.8. The molecule has 0 amide bonds. The molecule has 0 fully saturated rings. The van der Waals surface area contributed by atoms with Crippen LogP contribution in [0.4, 0.5) is 0 Å². The predicted molar refractivity (Wildman–Crippen MR) is 77.1 cm³/mol. The Balaban J connectivity index is 2.45. The smallest absolute Gasteiger partial charge is 0.0781 e. The van der Waals surface area contributed by atoms with E-state index in [9.17, 15) is 0 Å². The molecule has 0 aliphatic heterocycles. The van der Waals surface area contributed by atoms with E-state index in [4.69, 9.17) is 0 Å². The molecule has 0 saturated heterocycles. The van der Waals surface area contributed by atoms with Crippen molar-refractivity contribution in [3.05, 3.63) is 21.9 Å². The summed E-state index contributed by atoms with van der Waals surface area (Å²) in [5.74, 6) is 12.8. The lowest BCUT2D eigenvalue weighted by Gasteiger charge is -1.84. The summed E-state index contributed by atoms with van der Waals surface area (Å²) < 4.78 is 0. The summed E-state index contributed by atoms with van der Waals surface area (Å²) in [4.78, 5) is 2.28. The normalized spacial score (nSPS) is 9.06. The molecule has 0 atom stereocenters. The van der Waals surface area contributed by atoms with Crippen LogP contribution in [0.5, 0.6) is 0 Å². The monoisotopic (exact) mass is 244 g/mol. The number of rotatable bonds is 4. The summed E-state index contributed by atoms with van der Waals surface area (Å²) in [5, 5.41) is 0. The molecule has 0 nitrogen and oxygen atoms in total. The SMILES string of the molecule is CCCCC#Cc1ccc(C#CCCCC)s1. The van der Waals surface area contributed by atoms with E-state index in [0.29, 0.717) is 0 Å². The van der Waals surface area contributed by atoms with Crippen LogP contribution in [0, 0.1) is 23.7 Å². The van der Waals surface area contributed by atoms with Crippen LogP contribution in [-0.4, -0.2) is 0 Å². The summed E-state index contributed by atoms with van der Waals surface area (Å²) >= 11 is 1.70. The first kappa shape index (κ1) is 13.9. The first-order valence-corrected chi connectivity index (χ1v) is 7.26. The van der Waals surface area contributed by atoms with Gasteiger partial charge in [0.25, 0.3) is 0 Å². The van der Waals surface area contributed by atoms with Gasteiger partial charge in [0.15, 0.2) is 0 Å². The van der Waals surface area contributed by atoms with Gasteiger partial charge in [-0.1, -0.05) is 50.4 Å². The highest BCUT2D eigenvalue weighted by Crippen LogP contribution is 2.14. The van der Waals surface area contributed by atoms with Gasteiger partial charge >= 0.3 is 0 Å². The van der Waals surface area contributed by atoms with Gasteiger partial charge in [-0.2, -0.15) is 0 Å². The molecule has 17 heavy (non-hydrogen) atoms. The van der Waals surface area contributed by atoms with Gasteiger partial charge in [-0.05, 0) is 25.0 Å². The van der Waals surface area contributed by atoms with Crippen molar-refractivity contribution < 1.29 is 0 Å². The topological polar surface area (TPSA) is 0 Å². The van der Waals surface area contributed by atoms with E-state index in [1.807, 2.05) is 0 Å². The van der Waals surface area contributed by atoms with E-state index in [0.717, 1.165) is 22.6 Å². The molecule has 0 bridgehead atoms. The third-order valence-corrected chi connectivity index (χ3v) is 3.26. The molecular weight excluding hydrogens is 224 g/mol.